The quantitative estimate of drug-likeness (QED) is 0.678. The summed E-state index contributed by atoms with van der Waals surface area (Å²) in [4.78, 5) is 24.3. The van der Waals surface area contributed by atoms with Gasteiger partial charge in [0, 0.05) is 25.4 Å². The van der Waals surface area contributed by atoms with E-state index in [2.05, 4.69) is 24.1 Å². The van der Waals surface area contributed by atoms with Gasteiger partial charge in [-0.1, -0.05) is 13.8 Å². The first kappa shape index (κ1) is 12.7. The average Bonchev–Trinajstić information content (AvgIpc) is 2.20. The molecule has 1 heterocycles. The van der Waals surface area contributed by atoms with Crippen LogP contribution >= 0.6 is 0 Å². The number of aromatic nitrogens is 2. The second kappa shape index (κ2) is 6.27. The Balaban J connectivity index is 2.32. The number of rotatable bonds is 6. The Hall–Kier alpha value is -1.36. The highest BCUT2D eigenvalue weighted by Crippen LogP contribution is 1.95. The van der Waals surface area contributed by atoms with Crippen molar-refractivity contribution in [2.24, 2.45) is 5.92 Å². The molecule has 0 aliphatic carbocycles. The molecular formula is C11H19N3O2. The van der Waals surface area contributed by atoms with E-state index in [4.69, 9.17) is 0 Å². The fraction of sp³-hybridized carbons (Fsp3) is 0.636. The van der Waals surface area contributed by atoms with Crippen LogP contribution in [0.5, 0.6) is 0 Å². The molecular weight excluding hydrogens is 206 g/mol. The van der Waals surface area contributed by atoms with Crippen LogP contribution < -0.4 is 16.6 Å². The van der Waals surface area contributed by atoms with Crippen LogP contribution in [0.2, 0.25) is 0 Å². The number of nitrogens with one attached hydrogen (secondary N) is 2. The van der Waals surface area contributed by atoms with E-state index in [1.165, 1.54) is 16.8 Å². The lowest BCUT2D eigenvalue weighted by molar-refractivity contribution is 0.513. The van der Waals surface area contributed by atoms with E-state index in [1.807, 2.05) is 0 Å². The molecule has 2 N–H and O–H groups in total. The summed E-state index contributed by atoms with van der Waals surface area (Å²) in [7, 11) is 0. The summed E-state index contributed by atoms with van der Waals surface area (Å²) in [6.07, 6.45) is 2.64. The maximum atomic E-state index is 11.3. The predicted molar refractivity (Wildman–Crippen MR) is 63.6 cm³/mol. The van der Waals surface area contributed by atoms with Crippen molar-refractivity contribution in [3.8, 4) is 0 Å². The molecule has 0 bridgehead atoms. The van der Waals surface area contributed by atoms with Crippen LogP contribution in [0.15, 0.2) is 21.9 Å². The zero-order valence-corrected chi connectivity index (χ0v) is 9.82. The van der Waals surface area contributed by atoms with Gasteiger partial charge in [0.1, 0.15) is 0 Å². The van der Waals surface area contributed by atoms with Gasteiger partial charge in [0.2, 0.25) is 0 Å². The van der Waals surface area contributed by atoms with Gasteiger partial charge in [-0.25, -0.2) is 4.79 Å². The Morgan fingerprint density at radius 1 is 1.38 bits per heavy atom. The number of hydrogen-bond acceptors (Lipinski definition) is 3. The zero-order valence-electron chi connectivity index (χ0n) is 9.82. The van der Waals surface area contributed by atoms with Crippen molar-refractivity contribution in [3.05, 3.63) is 33.1 Å². The van der Waals surface area contributed by atoms with Crippen LogP contribution in [-0.2, 0) is 6.54 Å². The molecule has 0 radical (unpaired) electrons. The van der Waals surface area contributed by atoms with Crippen LogP contribution in [0.3, 0.4) is 0 Å². The van der Waals surface area contributed by atoms with Crippen LogP contribution in [0.1, 0.15) is 20.3 Å². The molecule has 0 aromatic carbocycles. The Kier molecular flexibility index (Phi) is 4.98. The first-order chi connectivity index (χ1) is 7.59. The smallest absolute Gasteiger partial charge is 0.315 e. The summed E-state index contributed by atoms with van der Waals surface area (Å²) in [6, 6.07) is 1.36. The number of nitrogens with zero attached hydrogens (tertiary/aromatic N) is 1. The Morgan fingerprint density at radius 3 is 2.75 bits per heavy atom. The van der Waals surface area contributed by atoms with Gasteiger partial charge in [-0.3, -0.25) is 14.3 Å². The highest BCUT2D eigenvalue weighted by atomic mass is 16.2. The lowest BCUT2D eigenvalue weighted by Crippen LogP contribution is -2.32. The topological polar surface area (TPSA) is 66.9 Å². The SMILES string of the molecule is CC(C)CCNCCn1ccc(=O)[nH]c1=O. The normalized spacial score (nSPS) is 10.9. The average molecular weight is 225 g/mol. The zero-order chi connectivity index (χ0) is 12.0. The molecule has 0 unspecified atom stereocenters. The Bertz CT molecular complexity index is 420. The van der Waals surface area contributed by atoms with E-state index in [0.29, 0.717) is 12.5 Å². The molecule has 1 aromatic rings. The third-order valence-electron chi connectivity index (χ3n) is 2.32. The van der Waals surface area contributed by atoms with Crippen molar-refractivity contribution in [1.82, 2.24) is 14.9 Å². The fourth-order valence-corrected chi connectivity index (χ4v) is 1.34. The molecule has 0 saturated carbocycles. The summed E-state index contributed by atoms with van der Waals surface area (Å²) in [5.74, 6) is 0.684. The van der Waals surface area contributed by atoms with Crippen LogP contribution in [0, 0.1) is 5.92 Å². The van der Waals surface area contributed by atoms with Crippen LogP contribution in [-0.4, -0.2) is 22.6 Å². The molecule has 0 aliphatic rings. The van der Waals surface area contributed by atoms with E-state index >= 15 is 0 Å². The summed E-state index contributed by atoms with van der Waals surface area (Å²) in [5.41, 5.74) is -0.702. The first-order valence-electron chi connectivity index (χ1n) is 5.60. The van der Waals surface area contributed by atoms with E-state index in [9.17, 15) is 9.59 Å². The Morgan fingerprint density at radius 2 is 2.12 bits per heavy atom. The highest BCUT2D eigenvalue weighted by molar-refractivity contribution is 4.82. The van der Waals surface area contributed by atoms with Gasteiger partial charge in [0.05, 0.1) is 0 Å². The van der Waals surface area contributed by atoms with Crippen molar-refractivity contribution in [2.75, 3.05) is 13.1 Å². The van der Waals surface area contributed by atoms with Crippen LogP contribution in [0.4, 0.5) is 0 Å². The molecule has 0 spiro atoms. The van der Waals surface area contributed by atoms with Crippen LogP contribution in [0.25, 0.3) is 0 Å². The van der Waals surface area contributed by atoms with Crippen molar-refractivity contribution in [1.29, 1.82) is 0 Å². The maximum absolute atomic E-state index is 11.3. The second-order valence-electron chi connectivity index (χ2n) is 4.24. The van der Waals surface area contributed by atoms with Crippen molar-refractivity contribution < 1.29 is 0 Å². The molecule has 5 heteroatoms. The molecule has 5 nitrogen and oxygen atoms in total. The highest BCUT2D eigenvalue weighted by Gasteiger charge is 1.96. The maximum Gasteiger partial charge on any atom is 0.328 e. The van der Waals surface area contributed by atoms with Crippen molar-refractivity contribution in [2.45, 2.75) is 26.8 Å². The third kappa shape index (κ3) is 4.44. The lowest BCUT2D eigenvalue weighted by Gasteiger charge is -2.07. The van der Waals surface area contributed by atoms with E-state index in [1.54, 1.807) is 0 Å². The third-order valence-corrected chi connectivity index (χ3v) is 2.32. The predicted octanol–water partition coefficient (Wildman–Crippen LogP) is 0.172. The molecule has 90 valence electrons. The molecule has 1 rings (SSSR count). The number of H-pyrrole nitrogens is 1. The molecule has 0 amide bonds. The Labute approximate surface area is 94.5 Å². The van der Waals surface area contributed by atoms with Gasteiger partial charge in [-0.15, -0.1) is 0 Å². The molecule has 16 heavy (non-hydrogen) atoms. The minimum absolute atomic E-state index is 0.349. The van der Waals surface area contributed by atoms with Gasteiger partial charge < -0.3 is 5.32 Å². The summed E-state index contributed by atoms with van der Waals surface area (Å²) in [5, 5.41) is 3.26. The first-order valence-corrected chi connectivity index (χ1v) is 5.60. The second-order valence-corrected chi connectivity index (χ2v) is 4.24. The molecule has 0 aliphatic heterocycles. The fourth-order valence-electron chi connectivity index (χ4n) is 1.34. The largest absolute Gasteiger partial charge is 0.328 e. The van der Waals surface area contributed by atoms with Gasteiger partial charge in [-0.05, 0) is 18.9 Å². The van der Waals surface area contributed by atoms with E-state index in [-0.39, 0.29) is 11.2 Å². The molecule has 0 saturated heterocycles. The minimum Gasteiger partial charge on any atom is -0.315 e. The van der Waals surface area contributed by atoms with Gasteiger partial charge >= 0.3 is 5.69 Å². The van der Waals surface area contributed by atoms with Gasteiger partial charge in [0.25, 0.3) is 5.56 Å². The van der Waals surface area contributed by atoms with Gasteiger partial charge in [-0.2, -0.15) is 0 Å². The number of hydrogen-bond donors (Lipinski definition) is 2. The van der Waals surface area contributed by atoms with Crippen molar-refractivity contribution >= 4 is 0 Å². The van der Waals surface area contributed by atoms with Gasteiger partial charge in [0.15, 0.2) is 0 Å². The minimum atomic E-state index is -0.353. The summed E-state index contributed by atoms with van der Waals surface area (Å²) >= 11 is 0. The monoisotopic (exact) mass is 225 g/mol. The molecule has 0 atom stereocenters. The van der Waals surface area contributed by atoms with E-state index in [0.717, 1.165) is 19.5 Å². The molecule has 0 fully saturated rings. The standard InChI is InChI=1S/C11H19N3O2/c1-9(2)3-5-12-6-8-14-7-4-10(15)13-11(14)16/h4,7,9,12H,3,5-6,8H2,1-2H3,(H,13,15,16). The lowest BCUT2D eigenvalue weighted by atomic mass is 10.1. The molecule has 1 aromatic heterocycles. The summed E-state index contributed by atoms with van der Waals surface area (Å²) < 4.78 is 1.49. The summed E-state index contributed by atoms with van der Waals surface area (Å²) in [6.45, 7) is 6.62. The number of aromatic amines is 1. The van der Waals surface area contributed by atoms with E-state index < -0.39 is 0 Å². The van der Waals surface area contributed by atoms with Crippen molar-refractivity contribution in [3.63, 3.8) is 0 Å².